The van der Waals surface area contributed by atoms with Gasteiger partial charge in [-0.2, -0.15) is 18.3 Å². The van der Waals surface area contributed by atoms with Crippen LogP contribution in [0.5, 0.6) is 0 Å². The summed E-state index contributed by atoms with van der Waals surface area (Å²) in [6, 6.07) is 12.7. The van der Waals surface area contributed by atoms with E-state index in [0.29, 0.717) is 55.0 Å². The summed E-state index contributed by atoms with van der Waals surface area (Å²) in [6.45, 7) is 3.03. The number of hydrogen-bond donors (Lipinski definition) is 0. The number of aromatic nitrogens is 2. The van der Waals surface area contributed by atoms with E-state index < -0.39 is 17.4 Å². The van der Waals surface area contributed by atoms with E-state index in [2.05, 4.69) is 10.00 Å². The Labute approximate surface area is 175 Å². The summed E-state index contributed by atoms with van der Waals surface area (Å²) < 4.78 is 46.0. The van der Waals surface area contributed by atoms with Gasteiger partial charge < -0.3 is 9.32 Å². The minimum atomic E-state index is -4.35. The van der Waals surface area contributed by atoms with Crippen molar-refractivity contribution >= 4 is 27.6 Å². The van der Waals surface area contributed by atoms with Gasteiger partial charge in [-0.15, -0.1) is 0 Å². The van der Waals surface area contributed by atoms with Crippen molar-refractivity contribution in [1.82, 2.24) is 14.7 Å². The fourth-order valence-corrected chi connectivity index (χ4v) is 3.98. The Hall–Kier alpha value is -3.33. The molecule has 0 bridgehead atoms. The summed E-state index contributed by atoms with van der Waals surface area (Å²) in [6.07, 6.45) is -2.66. The molecule has 2 aromatic carbocycles. The van der Waals surface area contributed by atoms with Gasteiger partial charge in [0.2, 0.25) is 0 Å². The van der Waals surface area contributed by atoms with Crippen molar-refractivity contribution in [2.45, 2.75) is 12.8 Å². The van der Waals surface area contributed by atoms with Crippen LogP contribution < -0.4 is 10.5 Å². The Kier molecular flexibility index (Phi) is 4.70. The molecule has 31 heavy (non-hydrogen) atoms. The average Bonchev–Trinajstić information content (AvgIpc) is 3.19. The number of anilines is 1. The Balaban J connectivity index is 1.31. The number of piperazine rings is 1. The molecule has 1 aliphatic heterocycles. The van der Waals surface area contributed by atoms with Crippen molar-refractivity contribution in [3.05, 3.63) is 70.7 Å². The molecule has 3 heterocycles. The third kappa shape index (κ3) is 3.76. The first-order chi connectivity index (χ1) is 14.9. The zero-order valence-electron chi connectivity index (χ0n) is 16.5. The Morgan fingerprint density at radius 2 is 1.74 bits per heavy atom. The lowest BCUT2D eigenvalue weighted by molar-refractivity contribution is -0.137. The maximum absolute atomic E-state index is 13.0. The lowest BCUT2D eigenvalue weighted by atomic mass is 10.1. The first-order valence-electron chi connectivity index (χ1n) is 9.92. The van der Waals surface area contributed by atoms with Gasteiger partial charge >= 0.3 is 11.8 Å². The van der Waals surface area contributed by atoms with Crippen LogP contribution >= 0.6 is 0 Å². The fraction of sp³-hybridized carbons (Fsp3) is 0.273. The van der Waals surface area contributed by atoms with Gasteiger partial charge in [-0.1, -0.05) is 18.2 Å². The molecule has 0 amide bonds. The van der Waals surface area contributed by atoms with E-state index in [0.717, 1.165) is 11.5 Å². The molecule has 1 saturated heterocycles. The Morgan fingerprint density at radius 3 is 2.52 bits per heavy atom. The van der Waals surface area contributed by atoms with Crippen LogP contribution in [0.25, 0.3) is 21.9 Å². The molecule has 0 unspecified atom stereocenters. The highest BCUT2D eigenvalue weighted by molar-refractivity contribution is 6.01. The summed E-state index contributed by atoms with van der Waals surface area (Å²) in [4.78, 5) is 16.4. The molecular weight excluding hydrogens is 409 g/mol. The number of nitrogens with zero attached hydrogens (tertiary/aromatic N) is 4. The number of para-hydroxylation sites is 1. The quantitative estimate of drug-likeness (QED) is 0.463. The van der Waals surface area contributed by atoms with Gasteiger partial charge in [0.25, 0.3) is 0 Å². The van der Waals surface area contributed by atoms with Crippen molar-refractivity contribution in [3.63, 3.8) is 0 Å². The van der Waals surface area contributed by atoms with Gasteiger partial charge in [-0.25, -0.2) is 4.79 Å². The van der Waals surface area contributed by atoms with E-state index in [1.165, 1.54) is 12.1 Å². The number of hydrogen-bond acceptors (Lipinski definition) is 5. The normalized spacial score (nSPS) is 15.8. The highest BCUT2D eigenvalue weighted by Gasteiger charge is 2.31. The van der Waals surface area contributed by atoms with Crippen molar-refractivity contribution in [1.29, 1.82) is 0 Å². The molecule has 0 aliphatic carbocycles. The van der Waals surface area contributed by atoms with Gasteiger partial charge in [0.05, 0.1) is 12.2 Å². The molecule has 6 nitrogen and oxygen atoms in total. The Bertz CT molecular complexity index is 1300. The first kappa shape index (κ1) is 19.6. The maximum atomic E-state index is 13.0. The lowest BCUT2D eigenvalue weighted by Gasteiger charge is -2.36. The minimum Gasteiger partial charge on any atom is -0.422 e. The number of alkyl halides is 3. The van der Waals surface area contributed by atoms with Crippen LogP contribution in [0.4, 0.5) is 18.9 Å². The first-order valence-corrected chi connectivity index (χ1v) is 9.92. The van der Waals surface area contributed by atoms with Crippen LogP contribution in [0.2, 0.25) is 0 Å². The topological polar surface area (TPSA) is 54.5 Å². The largest absolute Gasteiger partial charge is 0.422 e. The van der Waals surface area contributed by atoms with Gasteiger partial charge in [-0.05, 0) is 30.3 Å². The zero-order chi connectivity index (χ0) is 21.6. The molecule has 1 fully saturated rings. The second-order valence-corrected chi connectivity index (χ2v) is 7.61. The monoisotopic (exact) mass is 428 g/mol. The molecule has 9 heteroatoms. The van der Waals surface area contributed by atoms with Crippen LogP contribution in [-0.4, -0.2) is 40.9 Å². The molecule has 160 valence electrons. The smallest absolute Gasteiger partial charge is 0.416 e. The highest BCUT2D eigenvalue weighted by Crippen LogP contribution is 2.32. The number of fused-ring (bicyclic) bond motifs is 3. The lowest BCUT2D eigenvalue weighted by Crippen LogP contribution is -2.46. The predicted molar refractivity (Wildman–Crippen MR) is 111 cm³/mol. The summed E-state index contributed by atoms with van der Waals surface area (Å²) in [5, 5.41) is 5.80. The van der Waals surface area contributed by atoms with E-state index >= 15 is 0 Å². The van der Waals surface area contributed by atoms with Crippen molar-refractivity contribution in [3.8, 4) is 0 Å². The van der Waals surface area contributed by atoms with E-state index in [9.17, 15) is 18.0 Å². The molecular formula is C22H19F3N4O2. The predicted octanol–water partition coefficient (Wildman–Crippen LogP) is 3.94. The summed E-state index contributed by atoms with van der Waals surface area (Å²) in [5.74, 6) is 0. The van der Waals surface area contributed by atoms with Gasteiger partial charge in [0.1, 0.15) is 16.5 Å². The van der Waals surface area contributed by atoms with Gasteiger partial charge in [0.15, 0.2) is 0 Å². The molecule has 1 aliphatic rings. The highest BCUT2D eigenvalue weighted by atomic mass is 19.4. The summed E-state index contributed by atoms with van der Waals surface area (Å²) in [5.41, 5.74) is 0.619. The number of benzene rings is 2. The molecule has 0 spiro atoms. The molecule has 4 aromatic rings. The average molecular weight is 428 g/mol. The molecule has 0 saturated carbocycles. The van der Waals surface area contributed by atoms with Crippen molar-refractivity contribution in [2.75, 3.05) is 31.1 Å². The van der Waals surface area contributed by atoms with E-state index in [1.54, 1.807) is 29.1 Å². The SMILES string of the molecule is O=c1oc2ccccc2c2nn(CN3CCN(c4cccc(C(F)(F)F)c4)CC3)cc12. The molecule has 0 N–H and O–H groups in total. The second kappa shape index (κ2) is 7.42. The maximum Gasteiger partial charge on any atom is 0.416 e. The zero-order valence-corrected chi connectivity index (χ0v) is 16.5. The van der Waals surface area contributed by atoms with E-state index in [1.807, 2.05) is 17.0 Å². The molecule has 0 radical (unpaired) electrons. The number of rotatable bonds is 3. The van der Waals surface area contributed by atoms with Crippen molar-refractivity contribution in [2.24, 2.45) is 0 Å². The third-order valence-electron chi connectivity index (χ3n) is 5.58. The van der Waals surface area contributed by atoms with Crippen LogP contribution in [0, 0.1) is 0 Å². The minimum absolute atomic E-state index is 0.422. The summed E-state index contributed by atoms with van der Waals surface area (Å²) in [7, 11) is 0. The fourth-order valence-electron chi connectivity index (χ4n) is 3.98. The van der Waals surface area contributed by atoms with Crippen LogP contribution in [-0.2, 0) is 12.8 Å². The van der Waals surface area contributed by atoms with E-state index in [-0.39, 0.29) is 0 Å². The van der Waals surface area contributed by atoms with Crippen LogP contribution in [0.1, 0.15) is 5.56 Å². The third-order valence-corrected chi connectivity index (χ3v) is 5.58. The molecule has 5 rings (SSSR count). The molecule has 2 aromatic heterocycles. The molecule has 0 atom stereocenters. The van der Waals surface area contributed by atoms with Crippen LogP contribution in [0.3, 0.4) is 0 Å². The van der Waals surface area contributed by atoms with Gasteiger partial charge in [-0.3, -0.25) is 9.58 Å². The van der Waals surface area contributed by atoms with E-state index in [4.69, 9.17) is 4.42 Å². The summed E-state index contributed by atoms with van der Waals surface area (Å²) >= 11 is 0. The van der Waals surface area contributed by atoms with Crippen LogP contribution in [0.15, 0.2) is 63.9 Å². The number of halogens is 3. The van der Waals surface area contributed by atoms with Crippen molar-refractivity contribution < 1.29 is 17.6 Å². The van der Waals surface area contributed by atoms with Gasteiger partial charge in [0, 0.05) is 43.4 Å². The Morgan fingerprint density at radius 1 is 0.968 bits per heavy atom. The second-order valence-electron chi connectivity index (χ2n) is 7.61. The standard InChI is InChI=1S/C22H19F3N4O2/c23-22(24,25)15-4-3-5-16(12-15)28-10-8-27(9-11-28)14-29-13-18-20(26-29)17-6-1-2-7-19(17)31-21(18)30/h1-7,12-13H,8-11,14H2.